The van der Waals surface area contributed by atoms with Crippen LogP contribution >= 0.6 is 12.4 Å². The van der Waals surface area contributed by atoms with Gasteiger partial charge in [0.1, 0.15) is 17.2 Å². The van der Waals surface area contributed by atoms with Gasteiger partial charge < -0.3 is 19.2 Å². The molecule has 156 valence electrons. The molecule has 0 spiro atoms. The quantitative estimate of drug-likeness (QED) is 0.691. The Morgan fingerprint density at radius 2 is 2.21 bits per heavy atom. The monoisotopic (exact) mass is 417 g/mol. The normalized spacial score (nSPS) is 18.4. The van der Waals surface area contributed by atoms with Crippen molar-refractivity contribution >= 4 is 29.3 Å². The van der Waals surface area contributed by atoms with Crippen LogP contribution in [0.2, 0.25) is 0 Å². The number of piperazine rings is 1. The number of likely N-dealkylation sites (N-methyl/N-ethyl adjacent to an activating group) is 1. The molecule has 3 heterocycles. The number of aryl methyl sites for hydroxylation is 1. The number of amides is 1. The van der Waals surface area contributed by atoms with Crippen LogP contribution < -0.4 is 5.32 Å². The lowest BCUT2D eigenvalue weighted by Gasteiger charge is -2.36. The first-order valence-corrected chi connectivity index (χ1v) is 9.70. The predicted molar refractivity (Wildman–Crippen MR) is 115 cm³/mol. The maximum absolute atomic E-state index is 13.0. The van der Waals surface area contributed by atoms with Crippen molar-refractivity contribution in [1.82, 2.24) is 24.7 Å². The van der Waals surface area contributed by atoms with E-state index in [1.807, 2.05) is 62.1 Å². The smallest absolute Gasteiger partial charge is 0.237 e. The Labute approximate surface area is 177 Å². The molecule has 1 saturated heterocycles. The highest BCUT2D eigenvalue weighted by molar-refractivity contribution is 5.85. The summed E-state index contributed by atoms with van der Waals surface area (Å²) in [6, 6.07) is 9.90. The summed E-state index contributed by atoms with van der Waals surface area (Å²) >= 11 is 0. The van der Waals surface area contributed by atoms with Crippen LogP contribution in [0.5, 0.6) is 0 Å². The van der Waals surface area contributed by atoms with Gasteiger partial charge in [0.15, 0.2) is 0 Å². The number of benzene rings is 1. The predicted octanol–water partition coefficient (Wildman–Crippen LogP) is 2.75. The molecule has 2 unspecified atom stereocenters. The molecule has 0 radical (unpaired) electrons. The molecule has 0 saturated carbocycles. The third kappa shape index (κ3) is 4.32. The molecule has 3 aromatic rings. The molecule has 2 atom stereocenters. The highest BCUT2D eigenvalue weighted by Gasteiger charge is 2.30. The minimum absolute atomic E-state index is 0. The van der Waals surface area contributed by atoms with Crippen LogP contribution in [0.4, 0.5) is 0 Å². The van der Waals surface area contributed by atoms with E-state index in [4.69, 9.17) is 4.42 Å². The third-order valence-corrected chi connectivity index (χ3v) is 5.68. The number of para-hydroxylation sites is 1. The first-order valence-electron chi connectivity index (χ1n) is 9.70. The molecule has 1 fully saturated rings. The van der Waals surface area contributed by atoms with Gasteiger partial charge >= 0.3 is 0 Å². The van der Waals surface area contributed by atoms with Crippen molar-refractivity contribution in [2.45, 2.75) is 19.0 Å². The molecule has 2 aromatic heterocycles. The summed E-state index contributed by atoms with van der Waals surface area (Å²) in [5, 5.41) is 4.47. The fourth-order valence-electron chi connectivity index (χ4n) is 3.79. The summed E-state index contributed by atoms with van der Waals surface area (Å²) < 4.78 is 7.98. The molecular weight excluding hydrogens is 390 g/mol. The Balaban J connectivity index is 0.00000240. The van der Waals surface area contributed by atoms with Crippen molar-refractivity contribution in [2.24, 2.45) is 7.05 Å². The van der Waals surface area contributed by atoms with Crippen LogP contribution in [-0.4, -0.2) is 58.5 Å². The Kier molecular flexibility index (Phi) is 6.62. The van der Waals surface area contributed by atoms with E-state index < -0.39 is 0 Å². The fourth-order valence-corrected chi connectivity index (χ4v) is 3.79. The summed E-state index contributed by atoms with van der Waals surface area (Å²) in [5.74, 6) is 1.86. The zero-order valence-electron chi connectivity index (χ0n) is 17.0. The number of carbonyl (C=O) groups is 1. The SMILES string of the molecule is CC(c1cc2ccccc2o1)N(C)C(=O)CN1CCNCC1c1nccn1C.Cl. The van der Waals surface area contributed by atoms with Crippen molar-refractivity contribution in [3.05, 3.63) is 54.3 Å². The van der Waals surface area contributed by atoms with Gasteiger partial charge in [-0.1, -0.05) is 18.2 Å². The van der Waals surface area contributed by atoms with Crippen molar-refractivity contribution in [3.8, 4) is 0 Å². The molecule has 1 N–H and O–H groups in total. The Bertz CT molecular complexity index is 936. The molecule has 7 nitrogen and oxygen atoms in total. The number of furan rings is 1. The number of nitrogens with zero attached hydrogens (tertiary/aromatic N) is 4. The van der Waals surface area contributed by atoms with Crippen LogP contribution in [-0.2, 0) is 11.8 Å². The highest BCUT2D eigenvalue weighted by atomic mass is 35.5. The maximum Gasteiger partial charge on any atom is 0.237 e. The fraction of sp³-hybridized carbons (Fsp3) is 0.429. The van der Waals surface area contributed by atoms with Gasteiger partial charge in [-0.25, -0.2) is 4.98 Å². The second kappa shape index (κ2) is 8.98. The van der Waals surface area contributed by atoms with E-state index in [2.05, 4.69) is 15.2 Å². The van der Waals surface area contributed by atoms with Gasteiger partial charge in [0.25, 0.3) is 0 Å². The van der Waals surface area contributed by atoms with Crippen LogP contribution in [0.3, 0.4) is 0 Å². The average Bonchev–Trinajstić information content (AvgIpc) is 3.33. The van der Waals surface area contributed by atoms with E-state index in [0.29, 0.717) is 6.54 Å². The summed E-state index contributed by atoms with van der Waals surface area (Å²) in [6.45, 7) is 4.85. The number of fused-ring (bicyclic) bond motifs is 1. The summed E-state index contributed by atoms with van der Waals surface area (Å²) in [5.41, 5.74) is 0.849. The van der Waals surface area contributed by atoms with Crippen LogP contribution in [0.1, 0.15) is 30.6 Å². The average molecular weight is 418 g/mol. The van der Waals surface area contributed by atoms with Gasteiger partial charge in [0, 0.05) is 51.5 Å². The van der Waals surface area contributed by atoms with Crippen molar-refractivity contribution in [1.29, 1.82) is 0 Å². The van der Waals surface area contributed by atoms with Crippen LogP contribution in [0.15, 0.2) is 47.1 Å². The van der Waals surface area contributed by atoms with E-state index in [9.17, 15) is 4.79 Å². The lowest BCUT2D eigenvalue weighted by molar-refractivity contribution is -0.134. The lowest BCUT2D eigenvalue weighted by atomic mass is 10.1. The van der Waals surface area contributed by atoms with E-state index in [-0.39, 0.29) is 30.4 Å². The highest BCUT2D eigenvalue weighted by Crippen LogP contribution is 2.27. The minimum atomic E-state index is -0.130. The van der Waals surface area contributed by atoms with Gasteiger partial charge in [-0.05, 0) is 19.1 Å². The summed E-state index contributed by atoms with van der Waals surface area (Å²) in [4.78, 5) is 21.5. The van der Waals surface area contributed by atoms with E-state index in [1.165, 1.54) is 0 Å². The maximum atomic E-state index is 13.0. The van der Waals surface area contributed by atoms with Crippen LogP contribution in [0.25, 0.3) is 11.0 Å². The van der Waals surface area contributed by atoms with Gasteiger partial charge in [-0.15, -0.1) is 12.4 Å². The topological polar surface area (TPSA) is 66.5 Å². The molecule has 4 rings (SSSR count). The van der Waals surface area contributed by atoms with Crippen molar-refractivity contribution < 1.29 is 9.21 Å². The lowest BCUT2D eigenvalue weighted by Crippen LogP contribution is -2.50. The first-order chi connectivity index (χ1) is 13.5. The van der Waals surface area contributed by atoms with Crippen LogP contribution in [0, 0.1) is 0 Å². The molecule has 29 heavy (non-hydrogen) atoms. The minimum Gasteiger partial charge on any atom is -0.459 e. The van der Waals surface area contributed by atoms with Gasteiger partial charge in [0.05, 0.1) is 18.6 Å². The zero-order chi connectivity index (χ0) is 19.7. The van der Waals surface area contributed by atoms with E-state index in [0.717, 1.165) is 42.2 Å². The number of hydrogen-bond donors (Lipinski definition) is 1. The van der Waals surface area contributed by atoms with Crippen molar-refractivity contribution in [2.75, 3.05) is 33.2 Å². The molecule has 1 amide bonds. The first kappa shape index (κ1) is 21.4. The van der Waals surface area contributed by atoms with Gasteiger partial charge in [-0.3, -0.25) is 9.69 Å². The van der Waals surface area contributed by atoms with E-state index >= 15 is 0 Å². The number of carbonyl (C=O) groups excluding carboxylic acids is 1. The number of halogens is 1. The largest absolute Gasteiger partial charge is 0.459 e. The number of rotatable bonds is 5. The van der Waals surface area contributed by atoms with Gasteiger partial charge in [0.2, 0.25) is 5.91 Å². The van der Waals surface area contributed by atoms with Gasteiger partial charge in [-0.2, -0.15) is 0 Å². The van der Waals surface area contributed by atoms with Crippen molar-refractivity contribution in [3.63, 3.8) is 0 Å². The number of aromatic nitrogens is 2. The number of hydrogen-bond acceptors (Lipinski definition) is 5. The molecule has 1 aromatic carbocycles. The second-order valence-corrected chi connectivity index (χ2v) is 7.45. The molecule has 0 aliphatic carbocycles. The zero-order valence-corrected chi connectivity index (χ0v) is 17.9. The third-order valence-electron chi connectivity index (χ3n) is 5.68. The second-order valence-electron chi connectivity index (χ2n) is 7.45. The van der Waals surface area contributed by atoms with E-state index in [1.54, 1.807) is 11.1 Å². The number of imidazole rings is 1. The molecular formula is C21H28ClN5O2. The summed E-state index contributed by atoms with van der Waals surface area (Å²) in [6.07, 6.45) is 3.75. The molecule has 1 aliphatic rings. The molecule has 8 heteroatoms. The molecule has 1 aliphatic heterocycles. The number of nitrogens with one attached hydrogen (secondary N) is 1. The standard InChI is InChI=1S/C21H27N5O2.ClH/c1-15(19-12-16-6-4-5-7-18(16)28-19)25(3)20(27)14-26-11-8-22-13-17(26)21-23-9-10-24(21)2;/h4-7,9-10,12,15,17,22H,8,11,13-14H2,1-3H3;1H. The Morgan fingerprint density at radius 3 is 2.93 bits per heavy atom. The molecule has 0 bridgehead atoms. The Hall–Kier alpha value is -2.35. The summed E-state index contributed by atoms with van der Waals surface area (Å²) in [7, 11) is 3.84. The Morgan fingerprint density at radius 1 is 1.41 bits per heavy atom.